The maximum absolute atomic E-state index is 11.5. The van der Waals surface area contributed by atoms with Gasteiger partial charge in [-0.1, -0.05) is 27.2 Å². The molecule has 0 aliphatic heterocycles. The summed E-state index contributed by atoms with van der Waals surface area (Å²) in [5.41, 5.74) is 0.346. The van der Waals surface area contributed by atoms with E-state index in [9.17, 15) is 9.59 Å². The maximum atomic E-state index is 11.5. The summed E-state index contributed by atoms with van der Waals surface area (Å²) < 4.78 is 0. The average molecular weight is 256 g/mol. The molecule has 0 heterocycles. The van der Waals surface area contributed by atoms with Crippen molar-refractivity contribution in [2.45, 2.75) is 40.0 Å². The smallest absolute Gasteiger partial charge is 0.314 e. The lowest BCUT2D eigenvalue weighted by molar-refractivity contribution is -0.141. The predicted octanol–water partition coefficient (Wildman–Crippen LogP) is 1.83. The average Bonchev–Trinajstić information content (AvgIpc) is 2.89. The molecule has 1 fully saturated rings. The minimum Gasteiger partial charge on any atom is -0.481 e. The van der Waals surface area contributed by atoms with Crippen LogP contribution < -0.4 is 10.6 Å². The van der Waals surface area contributed by atoms with Gasteiger partial charge in [0.2, 0.25) is 0 Å². The molecular weight excluding hydrogens is 232 g/mol. The Hall–Kier alpha value is -1.26. The zero-order valence-electron chi connectivity index (χ0n) is 11.5. The molecule has 1 rings (SSSR count). The second-order valence-corrected chi connectivity index (χ2v) is 5.80. The molecule has 1 aliphatic rings. The van der Waals surface area contributed by atoms with Gasteiger partial charge in [-0.3, -0.25) is 4.79 Å². The second kappa shape index (κ2) is 6.07. The van der Waals surface area contributed by atoms with Crippen LogP contribution in [0.3, 0.4) is 0 Å². The van der Waals surface area contributed by atoms with E-state index in [-0.39, 0.29) is 12.6 Å². The van der Waals surface area contributed by atoms with Gasteiger partial charge in [-0.05, 0) is 24.2 Å². The molecule has 0 bridgehead atoms. The summed E-state index contributed by atoms with van der Waals surface area (Å²) in [5, 5.41) is 14.4. The highest BCUT2D eigenvalue weighted by Crippen LogP contribution is 2.50. The molecule has 18 heavy (non-hydrogen) atoms. The number of urea groups is 1. The molecule has 1 aliphatic carbocycles. The molecule has 0 aromatic carbocycles. The van der Waals surface area contributed by atoms with Crippen LogP contribution in [-0.4, -0.2) is 30.2 Å². The molecule has 2 atom stereocenters. The normalized spacial score (nSPS) is 22.1. The summed E-state index contributed by atoms with van der Waals surface area (Å²) in [7, 11) is 0. The lowest BCUT2D eigenvalue weighted by Crippen LogP contribution is -2.40. The first-order valence-corrected chi connectivity index (χ1v) is 6.61. The van der Waals surface area contributed by atoms with Gasteiger partial charge in [0.15, 0.2) is 0 Å². The van der Waals surface area contributed by atoms with Crippen molar-refractivity contribution in [3.8, 4) is 0 Å². The molecule has 104 valence electrons. The third kappa shape index (κ3) is 4.55. The standard InChI is InChI=1S/C13H24N2O3/c1-4-5-9(11(16)17)7-14-12(18)15-8-10-6-13(10,2)3/h9-10H,4-8H2,1-3H3,(H,16,17)(H2,14,15,18). The first-order valence-electron chi connectivity index (χ1n) is 6.61. The van der Waals surface area contributed by atoms with Gasteiger partial charge in [-0.15, -0.1) is 0 Å². The number of carbonyl (C=O) groups is 2. The van der Waals surface area contributed by atoms with Gasteiger partial charge in [-0.2, -0.15) is 0 Å². The van der Waals surface area contributed by atoms with Crippen LogP contribution >= 0.6 is 0 Å². The van der Waals surface area contributed by atoms with Gasteiger partial charge in [0, 0.05) is 13.1 Å². The van der Waals surface area contributed by atoms with Crippen LogP contribution in [0.5, 0.6) is 0 Å². The van der Waals surface area contributed by atoms with E-state index >= 15 is 0 Å². The highest BCUT2D eigenvalue weighted by molar-refractivity contribution is 5.75. The monoisotopic (exact) mass is 256 g/mol. The number of hydrogen-bond acceptors (Lipinski definition) is 2. The molecule has 1 saturated carbocycles. The van der Waals surface area contributed by atoms with E-state index in [2.05, 4.69) is 24.5 Å². The van der Waals surface area contributed by atoms with E-state index in [4.69, 9.17) is 5.11 Å². The van der Waals surface area contributed by atoms with Crippen LogP contribution in [0.25, 0.3) is 0 Å². The number of aliphatic carboxylic acids is 1. The number of carboxylic acids is 1. The molecule has 0 radical (unpaired) electrons. The number of carboxylic acid groups (broad SMARTS) is 1. The Morgan fingerprint density at radius 2 is 2.00 bits per heavy atom. The molecule has 2 amide bonds. The fraction of sp³-hybridized carbons (Fsp3) is 0.846. The van der Waals surface area contributed by atoms with Crippen molar-refractivity contribution in [3.05, 3.63) is 0 Å². The first kappa shape index (κ1) is 14.8. The Balaban J connectivity index is 2.17. The van der Waals surface area contributed by atoms with E-state index in [1.807, 2.05) is 6.92 Å². The molecule has 0 saturated heterocycles. The Bertz CT molecular complexity index is 315. The summed E-state index contributed by atoms with van der Waals surface area (Å²) in [5.74, 6) is -0.784. The number of nitrogens with one attached hydrogen (secondary N) is 2. The van der Waals surface area contributed by atoms with Crippen molar-refractivity contribution in [2.75, 3.05) is 13.1 Å². The Morgan fingerprint density at radius 1 is 1.39 bits per heavy atom. The SMILES string of the molecule is CCCC(CNC(=O)NCC1CC1(C)C)C(=O)O. The largest absolute Gasteiger partial charge is 0.481 e. The van der Waals surface area contributed by atoms with Gasteiger partial charge < -0.3 is 15.7 Å². The topological polar surface area (TPSA) is 78.4 Å². The zero-order valence-corrected chi connectivity index (χ0v) is 11.5. The summed E-state index contributed by atoms with van der Waals surface area (Å²) in [6.45, 7) is 7.16. The maximum Gasteiger partial charge on any atom is 0.314 e. The quantitative estimate of drug-likeness (QED) is 0.650. The van der Waals surface area contributed by atoms with Crippen molar-refractivity contribution in [3.63, 3.8) is 0 Å². The van der Waals surface area contributed by atoms with Crippen molar-refractivity contribution >= 4 is 12.0 Å². The molecule has 5 heteroatoms. The number of hydrogen-bond donors (Lipinski definition) is 3. The second-order valence-electron chi connectivity index (χ2n) is 5.80. The molecular formula is C13H24N2O3. The van der Waals surface area contributed by atoms with E-state index in [0.717, 1.165) is 12.8 Å². The lowest BCUT2D eigenvalue weighted by atomic mass is 10.0. The van der Waals surface area contributed by atoms with Crippen LogP contribution in [-0.2, 0) is 4.79 Å². The van der Waals surface area contributed by atoms with Crippen LogP contribution in [0, 0.1) is 17.3 Å². The van der Waals surface area contributed by atoms with E-state index in [1.54, 1.807) is 0 Å². The minimum atomic E-state index is -0.847. The zero-order chi connectivity index (χ0) is 13.8. The van der Waals surface area contributed by atoms with E-state index in [1.165, 1.54) is 0 Å². The molecule has 5 nitrogen and oxygen atoms in total. The fourth-order valence-corrected chi connectivity index (χ4v) is 2.08. The molecule has 2 unspecified atom stereocenters. The number of carbonyl (C=O) groups excluding carboxylic acids is 1. The number of rotatable bonds is 7. The van der Waals surface area contributed by atoms with Crippen LogP contribution in [0.4, 0.5) is 4.79 Å². The Kier molecular flexibility index (Phi) is 4.99. The summed E-state index contributed by atoms with van der Waals surface area (Å²) >= 11 is 0. The van der Waals surface area contributed by atoms with Gasteiger partial charge in [0.1, 0.15) is 0 Å². The van der Waals surface area contributed by atoms with Gasteiger partial charge >= 0.3 is 12.0 Å². The summed E-state index contributed by atoms with van der Waals surface area (Å²) in [6, 6.07) is -0.264. The van der Waals surface area contributed by atoms with Gasteiger partial charge in [0.05, 0.1) is 5.92 Å². The number of amides is 2. The van der Waals surface area contributed by atoms with Gasteiger partial charge in [-0.25, -0.2) is 4.79 Å². The summed E-state index contributed by atoms with van der Waals surface area (Å²) in [4.78, 5) is 22.4. The third-order valence-electron chi connectivity index (χ3n) is 3.72. The summed E-state index contributed by atoms with van der Waals surface area (Å²) in [6.07, 6.45) is 2.53. The third-order valence-corrected chi connectivity index (χ3v) is 3.72. The van der Waals surface area contributed by atoms with Crippen LogP contribution in [0.1, 0.15) is 40.0 Å². The van der Waals surface area contributed by atoms with Gasteiger partial charge in [0.25, 0.3) is 0 Å². The van der Waals surface area contributed by atoms with Crippen molar-refractivity contribution < 1.29 is 14.7 Å². The first-order chi connectivity index (χ1) is 8.36. The van der Waals surface area contributed by atoms with E-state index in [0.29, 0.717) is 24.3 Å². The van der Waals surface area contributed by atoms with Crippen molar-refractivity contribution in [2.24, 2.45) is 17.3 Å². The highest BCUT2D eigenvalue weighted by Gasteiger charge is 2.45. The molecule has 3 N–H and O–H groups in total. The Labute approximate surface area is 108 Å². The highest BCUT2D eigenvalue weighted by atomic mass is 16.4. The minimum absolute atomic E-state index is 0.197. The van der Waals surface area contributed by atoms with Crippen LogP contribution in [0.2, 0.25) is 0 Å². The van der Waals surface area contributed by atoms with E-state index < -0.39 is 11.9 Å². The molecule has 0 spiro atoms. The fourth-order valence-electron chi connectivity index (χ4n) is 2.08. The van der Waals surface area contributed by atoms with Crippen LogP contribution in [0.15, 0.2) is 0 Å². The Morgan fingerprint density at radius 3 is 2.44 bits per heavy atom. The lowest BCUT2D eigenvalue weighted by Gasteiger charge is -2.13. The molecule has 0 aromatic rings. The predicted molar refractivity (Wildman–Crippen MR) is 69.3 cm³/mol. The van der Waals surface area contributed by atoms with Crippen molar-refractivity contribution in [1.29, 1.82) is 0 Å². The molecule has 0 aromatic heterocycles. The van der Waals surface area contributed by atoms with Crippen molar-refractivity contribution in [1.82, 2.24) is 10.6 Å².